The molecule has 14 heavy (non-hydrogen) atoms. The number of ketones is 1. The number of nitrogens with two attached hydrogens (primary N) is 1. The van der Waals surface area contributed by atoms with Crippen molar-refractivity contribution in [1.29, 1.82) is 0 Å². The molecule has 6 heteroatoms. The Bertz CT molecular complexity index is 393. The standard InChI is InChI=1S/C8H6F3NO2/c9-4-1-3(5(13)2-12)6(10)8(14)7(4)11/h1,14H,2,12H2. The van der Waals surface area contributed by atoms with Crippen LogP contribution < -0.4 is 5.73 Å². The average molecular weight is 205 g/mol. The van der Waals surface area contributed by atoms with Crippen molar-refractivity contribution in [3.63, 3.8) is 0 Å². The molecule has 0 unspecified atom stereocenters. The molecular weight excluding hydrogens is 199 g/mol. The minimum Gasteiger partial charge on any atom is -0.503 e. The van der Waals surface area contributed by atoms with Crippen molar-refractivity contribution in [2.24, 2.45) is 5.73 Å². The van der Waals surface area contributed by atoms with Gasteiger partial charge in [0.2, 0.25) is 5.82 Å². The van der Waals surface area contributed by atoms with Crippen molar-refractivity contribution in [2.75, 3.05) is 6.54 Å². The Labute approximate surface area is 77.0 Å². The van der Waals surface area contributed by atoms with E-state index in [1.165, 1.54) is 0 Å². The van der Waals surface area contributed by atoms with Crippen molar-refractivity contribution >= 4 is 5.78 Å². The van der Waals surface area contributed by atoms with Crippen LogP contribution in [0.2, 0.25) is 0 Å². The van der Waals surface area contributed by atoms with E-state index in [0.29, 0.717) is 6.07 Å². The second-order valence-corrected chi connectivity index (χ2v) is 2.51. The number of Topliss-reactive ketones (excluding diaryl/α,β-unsaturated/α-hetero) is 1. The Morgan fingerprint density at radius 2 is 1.93 bits per heavy atom. The van der Waals surface area contributed by atoms with Gasteiger partial charge in [-0.05, 0) is 6.07 Å². The summed E-state index contributed by atoms with van der Waals surface area (Å²) < 4.78 is 38.1. The molecule has 1 aromatic rings. The molecule has 1 rings (SSSR count). The van der Waals surface area contributed by atoms with Crippen LogP contribution in [0.3, 0.4) is 0 Å². The van der Waals surface area contributed by atoms with Gasteiger partial charge in [-0.15, -0.1) is 0 Å². The van der Waals surface area contributed by atoms with Crippen molar-refractivity contribution in [3.8, 4) is 5.75 Å². The maximum Gasteiger partial charge on any atom is 0.203 e. The number of carbonyl (C=O) groups is 1. The second-order valence-electron chi connectivity index (χ2n) is 2.51. The molecule has 1 aromatic carbocycles. The molecule has 0 amide bonds. The largest absolute Gasteiger partial charge is 0.503 e. The van der Waals surface area contributed by atoms with Crippen LogP contribution in [0.15, 0.2) is 6.07 Å². The molecule has 76 valence electrons. The molecule has 3 N–H and O–H groups in total. The lowest BCUT2D eigenvalue weighted by Gasteiger charge is -2.04. The molecule has 0 bridgehead atoms. The number of aromatic hydroxyl groups is 1. The normalized spacial score (nSPS) is 10.3. The number of halogens is 3. The zero-order valence-corrected chi connectivity index (χ0v) is 6.85. The highest BCUT2D eigenvalue weighted by molar-refractivity contribution is 5.98. The molecular formula is C8H6F3NO2. The highest BCUT2D eigenvalue weighted by atomic mass is 19.2. The fraction of sp³-hybridized carbons (Fsp3) is 0.125. The predicted octanol–water partition coefficient (Wildman–Crippen LogP) is 0.951. The summed E-state index contributed by atoms with van der Waals surface area (Å²) in [5.74, 6) is -7.16. The van der Waals surface area contributed by atoms with E-state index in [1.54, 1.807) is 0 Å². The molecule has 0 radical (unpaired) electrons. The Hall–Kier alpha value is -1.56. The lowest BCUT2D eigenvalue weighted by atomic mass is 10.1. The van der Waals surface area contributed by atoms with Crippen LogP contribution in [0.25, 0.3) is 0 Å². The molecule has 3 nitrogen and oxygen atoms in total. The fourth-order valence-corrected chi connectivity index (χ4v) is 0.903. The molecule has 0 spiro atoms. The van der Waals surface area contributed by atoms with E-state index < -0.39 is 41.1 Å². The maximum atomic E-state index is 12.9. The van der Waals surface area contributed by atoms with Crippen molar-refractivity contribution in [1.82, 2.24) is 0 Å². The number of hydrogen-bond donors (Lipinski definition) is 2. The van der Waals surface area contributed by atoms with Gasteiger partial charge in [0.25, 0.3) is 0 Å². The molecule has 0 aliphatic heterocycles. The van der Waals surface area contributed by atoms with E-state index >= 15 is 0 Å². The summed E-state index contributed by atoms with van der Waals surface area (Å²) in [5, 5.41) is 8.73. The van der Waals surface area contributed by atoms with Crippen LogP contribution in [0.5, 0.6) is 5.75 Å². The number of rotatable bonds is 2. The number of carbonyl (C=O) groups excluding carboxylic acids is 1. The van der Waals surface area contributed by atoms with E-state index in [1.807, 2.05) is 0 Å². The van der Waals surface area contributed by atoms with Crippen LogP contribution in [-0.2, 0) is 0 Å². The van der Waals surface area contributed by atoms with Crippen LogP contribution in [-0.4, -0.2) is 17.4 Å². The Morgan fingerprint density at radius 3 is 2.43 bits per heavy atom. The summed E-state index contributed by atoms with van der Waals surface area (Å²) in [6, 6.07) is 0.361. The summed E-state index contributed by atoms with van der Waals surface area (Å²) in [4.78, 5) is 10.9. The van der Waals surface area contributed by atoms with Gasteiger partial charge in [0.15, 0.2) is 23.2 Å². The summed E-state index contributed by atoms with van der Waals surface area (Å²) in [7, 11) is 0. The van der Waals surface area contributed by atoms with Crippen molar-refractivity contribution < 1.29 is 23.1 Å². The SMILES string of the molecule is NCC(=O)c1cc(F)c(F)c(O)c1F. The Kier molecular flexibility index (Phi) is 2.76. The maximum absolute atomic E-state index is 12.9. The molecule has 0 atom stereocenters. The van der Waals surface area contributed by atoms with Gasteiger partial charge in [-0.1, -0.05) is 0 Å². The molecule has 0 saturated carbocycles. The lowest BCUT2D eigenvalue weighted by Crippen LogP contribution is -2.16. The first-order valence-corrected chi connectivity index (χ1v) is 3.58. The van der Waals surface area contributed by atoms with Gasteiger partial charge in [0.1, 0.15) is 0 Å². The fourth-order valence-electron chi connectivity index (χ4n) is 0.903. The molecule has 0 saturated heterocycles. The number of phenolic OH excluding ortho intramolecular Hbond substituents is 1. The third-order valence-corrected chi connectivity index (χ3v) is 1.62. The summed E-state index contributed by atoms with van der Waals surface area (Å²) >= 11 is 0. The minimum atomic E-state index is -1.73. The summed E-state index contributed by atoms with van der Waals surface area (Å²) in [5.41, 5.74) is 4.14. The first-order valence-electron chi connectivity index (χ1n) is 3.58. The van der Waals surface area contributed by atoms with E-state index in [4.69, 9.17) is 10.8 Å². The van der Waals surface area contributed by atoms with Gasteiger partial charge in [-0.3, -0.25) is 4.79 Å². The van der Waals surface area contributed by atoms with Crippen LogP contribution in [0.4, 0.5) is 13.2 Å². The molecule has 0 heterocycles. The van der Waals surface area contributed by atoms with E-state index in [-0.39, 0.29) is 0 Å². The Morgan fingerprint density at radius 1 is 1.36 bits per heavy atom. The third-order valence-electron chi connectivity index (χ3n) is 1.62. The summed E-state index contributed by atoms with van der Waals surface area (Å²) in [6.45, 7) is -0.554. The highest BCUT2D eigenvalue weighted by Gasteiger charge is 2.21. The number of benzene rings is 1. The zero-order valence-electron chi connectivity index (χ0n) is 6.85. The first-order chi connectivity index (χ1) is 6.49. The van der Waals surface area contributed by atoms with Gasteiger partial charge in [0.05, 0.1) is 12.1 Å². The average Bonchev–Trinajstić information content (AvgIpc) is 2.19. The highest BCUT2D eigenvalue weighted by Crippen LogP contribution is 2.25. The second kappa shape index (κ2) is 3.67. The quantitative estimate of drug-likeness (QED) is 0.558. The zero-order chi connectivity index (χ0) is 10.9. The van der Waals surface area contributed by atoms with Crippen LogP contribution in [0.1, 0.15) is 10.4 Å². The molecule has 0 aliphatic carbocycles. The van der Waals surface area contributed by atoms with Gasteiger partial charge in [-0.2, -0.15) is 4.39 Å². The monoisotopic (exact) mass is 205 g/mol. The molecule has 0 fully saturated rings. The third kappa shape index (κ3) is 1.56. The predicted molar refractivity (Wildman–Crippen MR) is 41.4 cm³/mol. The van der Waals surface area contributed by atoms with E-state index in [9.17, 15) is 18.0 Å². The topological polar surface area (TPSA) is 63.3 Å². The molecule has 0 aliphatic rings. The smallest absolute Gasteiger partial charge is 0.203 e. The van der Waals surface area contributed by atoms with Crippen molar-refractivity contribution in [2.45, 2.75) is 0 Å². The minimum absolute atomic E-state index is 0.361. The summed E-state index contributed by atoms with van der Waals surface area (Å²) in [6.07, 6.45) is 0. The number of phenols is 1. The van der Waals surface area contributed by atoms with Crippen LogP contribution >= 0.6 is 0 Å². The lowest BCUT2D eigenvalue weighted by molar-refractivity contribution is 0.0996. The van der Waals surface area contributed by atoms with Gasteiger partial charge in [-0.25, -0.2) is 8.78 Å². The Balaban J connectivity index is 3.40. The number of hydrogen-bond acceptors (Lipinski definition) is 3. The van der Waals surface area contributed by atoms with E-state index in [0.717, 1.165) is 0 Å². The van der Waals surface area contributed by atoms with Gasteiger partial charge >= 0.3 is 0 Å². The van der Waals surface area contributed by atoms with Crippen LogP contribution in [0, 0.1) is 17.5 Å². The van der Waals surface area contributed by atoms with Crippen molar-refractivity contribution in [3.05, 3.63) is 29.1 Å². The van der Waals surface area contributed by atoms with Gasteiger partial charge in [0, 0.05) is 0 Å². The van der Waals surface area contributed by atoms with E-state index in [2.05, 4.69) is 0 Å². The molecule has 0 aromatic heterocycles. The van der Waals surface area contributed by atoms with Gasteiger partial charge < -0.3 is 10.8 Å². The first kappa shape index (κ1) is 10.5.